The van der Waals surface area contributed by atoms with Gasteiger partial charge in [0.25, 0.3) is 0 Å². The molecule has 0 spiro atoms. The zero-order valence-electron chi connectivity index (χ0n) is 40.6. The normalized spacial score (nSPS) is 14.6. The molecule has 0 saturated heterocycles. The van der Waals surface area contributed by atoms with Gasteiger partial charge in [-0.05, 0) is 101 Å². The molecule has 1 aliphatic heterocycles. The highest BCUT2D eigenvalue weighted by molar-refractivity contribution is 6.19. The Hall–Kier alpha value is -9.12. The van der Waals surface area contributed by atoms with E-state index in [1.165, 1.54) is 77.0 Å². The van der Waals surface area contributed by atoms with E-state index in [9.17, 15) is 0 Å². The van der Waals surface area contributed by atoms with E-state index in [0.29, 0.717) is 12.3 Å². The SMILES string of the molecule is CC1=C(c2cccc(-c3cccc4c5cccc(-n6c7ccccc7c7ccc8c(c76)CC(Cc6ccccc6)c6ccccc6-8)c5n(-c5ccccc5)c34)c2)N=C(c2ccccc2)N=C(c2ccccc2)C1. The number of para-hydroxylation sites is 4. The van der Waals surface area contributed by atoms with E-state index in [1.807, 2.05) is 6.07 Å². The molecule has 1 aliphatic carbocycles. The average molecular weight is 935 g/mol. The molecule has 0 saturated carbocycles. The van der Waals surface area contributed by atoms with Crippen molar-refractivity contribution in [2.75, 3.05) is 0 Å². The minimum atomic E-state index is 0.333. The fraction of sp³-hybridized carbons (Fsp3) is 0.0725. The smallest absolute Gasteiger partial charge is 0.160 e. The Labute approximate surface area is 425 Å². The monoisotopic (exact) mass is 934 g/mol. The largest absolute Gasteiger partial charge is 0.307 e. The molecule has 3 heterocycles. The standard InChI is InChI=1S/C69H50N4/c1-45-41-62(47-23-8-3-9-24-47)70-69(48-25-10-4-11-26-48)71-65(45)50-28-18-27-49(43-50)54-34-19-35-58-59-36-20-38-64(68(59)72(66(54)58)52-29-12-5-13-30-52)73-63-37-17-16-33-57(63)60-40-39-56-55-32-15-14-31-53(55)51(44-61(56)67(60)73)42-46-21-6-2-7-22-46/h2-40,43,51H,41-42,44H2,1H3. The molecule has 2 aliphatic rings. The van der Waals surface area contributed by atoms with Crippen molar-refractivity contribution in [2.45, 2.75) is 32.1 Å². The second kappa shape index (κ2) is 17.6. The molecule has 346 valence electrons. The van der Waals surface area contributed by atoms with Crippen LogP contribution in [0.4, 0.5) is 0 Å². The first-order valence-electron chi connectivity index (χ1n) is 25.5. The Kier molecular flexibility index (Phi) is 10.3. The number of nitrogens with zero attached hydrogens (tertiary/aromatic N) is 4. The topological polar surface area (TPSA) is 34.6 Å². The lowest BCUT2D eigenvalue weighted by Gasteiger charge is -2.29. The highest BCUT2D eigenvalue weighted by Gasteiger charge is 2.30. The number of rotatable bonds is 8. The fourth-order valence-corrected chi connectivity index (χ4v) is 12.1. The first kappa shape index (κ1) is 42.7. The molecule has 0 bridgehead atoms. The molecule has 14 rings (SSSR count). The van der Waals surface area contributed by atoms with Gasteiger partial charge in [-0.2, -0.15) is 0 Å². The Balaban J connectivity index is 0.996. The number of amidine groups is 1. The van der Waals surface area contributed by atoms with E-state index < -0.39 is 0 Å². The minimum Gasteiger partial charge on any atom is -0.307 e. The second-order valence-electron chi connectivity index (χ2n) is 19.7. The van der Waals surface area contributed by atoms with Crippen molar-refractivity contribution in [1.82, 2.24) is 9.13 Å². The highest BCUT2D eigenvalue weighted by atomic mass is 15.1. The Morgan fingerprint density at radius 3 is 1.85 bits per heavy atom. The number of fused-ring (bicyclic) bond motifs is 10. The third-order valence-corrected chi connectivity index (χ3v) is 15.3. The van der Waals surface area contributed by atoms with Gasteiger partial charge in [-0.25, -0.2) is 9.98 Å². The molecule has 0 N–H and O–H groups in total. The predicted molar refractivity (Wildman–Crippen MR) is 306 cm³/mol. The molecule has 0 fully saturated rings. The molecule has 0 radical (unpaired) electrons. The predicted octanol–water partition coefficient (Wildman–Crippen LogP) is 17.2. The van der Waals surface area contributed by atoms with Crippen molar-refractivity contribution < 1.29 is 0 Å². The van der Waals surface area contributed by atoms with Crippen molar-refractivity contribution >= 4 is 60.9 Å². The van der Waals surface area contributed by atoms with Crippen LogP contribution in [0.25, 0.3) is 82.9 Å². The van der Waals surface area contributed by atoms with Crippen molar-refractivity contribution in [3.8, 4) is 33.6 Å². The van der Waals surface area contributed by atoms with Crippen molar-refractivity contribution in [2.24, 2.45) is 9.98 Å². The molecule has 4 heteroatoms. The molecular formula is C69H50N4. The molecule has 73 heavy (non-hydrogen) atoms. The van der Waals surface area contributed by atoms with Gasteiger partial charge in [0.15, 0.2) is 5.84 Å². The van der Waals surface area contributed by atoms with Crippen molar-refractivity contribution in [3.63, 3.8) is 0 Å². The summed E-state index contributed by atoms with van der Waals surface area (Å²) in [7, 11) is 0. The van der Waals surface area contributed by atoms with Gasteiger partial charge >= 0.3 is 0 Å². The summed E-state index contributed by atoms with van der Waals surface area (Å²) in [5, 5.41) is 4.96. The van der Waals surface area contributed by atoms with Crippen LogP contribution >= 0.6 is 0 Å². The van der Waals surface area contributed by atoms with Gasteiger partial charge in [-0.3, -0.25) is 0 Å². The van der Waals surface area contributed by atoms with Gasteiger partial charge in [0.2, 0.25) is 0 Å². The van der Waals surface area contributed by atoms with Gasteiger partial charge < -0.3 is 9.13 Å². The van der Waals surface area contributed by atoms with E-state index in [1.54, 1.807) is 0 Å². The third kappa shape index (κ3) is 7.20. The number of benzene rings is 10. The van der Waals surface area contributed by atoms with Crippen LogP contribution in [0.3, 0.4) is 0 Å². The first-order valence-corrected chi connectivity index (χ1v) is 25.5. The number of hydrogen-bond acceptors (Lipinski definition) is 2. The fourth-order valence-electron chi connectivity index (χ4n) is 12.1. The van der Waals surface area contributed by atoms with Crippen LogP contribution in [0, 0.1) is 0 Å². The van der Waals surface area contributed by atoms with Crippen LogP contribution < -0.4 is 0 Å². The lowest BCUT2D eigenvalue weighted by Crippen LogP contribution is -2.15. The lowest BCUT2D eigenvalue weighted by atomic mass is 9.75. The van der Waals surface area contributed by atoms with Gasteiger partial charge in [0.1, 0.15) is 0 Å². The molecule has 4 nitrogen and oxygen atoms in total. The first-order chi connectivity index (χ1) is 36.1. The van der Waals surface area contributed by atoms with Crippen LogP contribution in [0.15, 0.2) is 258 Å². The Morgan fingerprint density at radius 1 is 0.438 bits per heavy atom. The van der Waals surface area contributed by atoms with E-state index in [0.717, 1.165) is 69.3 Å². The summed E-state index contributed by atoms with van der Waals surface area (Å²) in [5.41, 5.74) is 22.6. The zero-order valence-corrected chi connectivity index (χ0v) is 40.6. The molecule has 1 unspecified atom stereocenters. The van der Waals surface area contributed by atoms with Crippen LogP contribution in [0.5, 0.6) is 0 Å². The van der Waals surface area contributed by atoms with Crippen molar-refractivity contribution in [3.05, 3.63) is 282 Å². The summed E-state index contributed by atoms with van der Waals surface area (Å²) in [6.45, 7) is 2.21. The zero-order chi connectivity index (χ0) is 48.4. The molecule has 0 amide bonds. The molecule has 2 aromatic heterocycles. The molecule has 1 atom stereocenters. The van der Waals surface area contributed by atoms with Gasteiger partial charge in [-0.15, -0.1) is 0 Å². The molecular weight excluding hydrogens is 885 g/mol. The summed E-state index contributed by atoms with van der Waals surface area (Å²) >= 11 is 0. The minimum absolute atomic E-state index is 0.333. The number of aromatic nitrogens is 2. The van der Waals surface area contributed by atoms with Gasteiger partial charge in [0.05, 0.1) is 39.2 Å². The summed E-state index contributed by atoms with van der Waals surface area (Å²) in [5.74, 6) is 1.05. The number of allylic oxidation sites excluding steroid dienone is 1. The van der Waals surface area contributed by atoms with Gasteiger partial charge in [0, 0.05) is 50.3 Å². The van der Waals surface area contributed by atoms with E-state index in [4.69, 9.17) is 9.98 Å². The summed E-state index contributed by atoms with van der Waals surface area (Å²) in [6, 6.07) is 88.6. The quantitative estimate of drug-likeness (QED) is 0.146. The van der Waals surface area contributed by atoms with E-state index in [-0.39, 0.29) is 0 Å². The maximum atomic E-state index is 5.43. The maximum Gasteiger partial charge on any atom is 0.160 e. The lowest BCUT2D eigenvalue weighted by molar-refractivity contribution is 0.674. The van der Waals surface area contributed by atoms with Crippen LogP contribution in [-0.4, -0.2) is 20.7 Å². The Bertz CT molecular complexity index is 4210. The molecule has 12 aromatic rings. The third-order valence-electron chi connectivity index (χ3n) is 15.3. The summed E-state index contributed by atoms with van der Waals surface area (Å²) in [4.78, 5) is 10.7. The van der Waals surface area contributed by atoms with E-state index in [2.05, 4.69) is 253 Å². The summed E-state index contributed by atoms with van der Waals surface area (Å²) in [6.07, 6.45) is 2.62. The van der Waals surface area contributed by atoms with E-state index >= 15 is 0 Å². The number of hydrogen-bond donors (Lipinski definition) is 0. The summed E-state index contributed by atoms with van der Waals surface area (Å²) < 4.78 is 5.14. The number of aliphatic imine (C=N–C) groups is 2. The Morgan fingerprint density at radius 2 is 1.04 bits per heavy atom. The average Bonchev–Trinajstić information content (AvgIpc) is 3.96. The van der Waals surface area contributed by atoms with Crippen LogP contribution in [0.1, 0.15) is 52.6 Å². The van der Waals surface area contributed by atoms with Gasteiger partial charge in [-0.1, -0.05) is 212 Å². The second-order valence-corrected chi connectivity index (χ2v) is 19.7. The van der Waals surface area contributed by atoms with Crippen LogP contribution in [-0.2, 0) is 12.8 Å². The van der Waals surface area contributed by atoms with Crippen molar-refractivity contribution in [1.29, 1.82) is 0 Å². The molecule has 10 aromatic carbocycles. The van der Waals surface area contributed by atoms with Crippen LogP contribution in [0.2, 0.25) is 0 Å². The highest BCUT2D eigenvalue weighted by Crippen LogP contribution is 2.48. The maximum absolute atomic E-state index is 5.43.